The van der Waals surface area contributed by atoms with E-state index in [2.05, 4.69) is 4.72 Å². The van der Waals surface area contributed by atoms with E-state index in [1.807, 2.05) is 6.26 Å². The van der Waals surface area contributed by atoms with Crippen LogP contribution in [0.1, 0.15) is 36.0 Å². The maximum atomic E-state index is 13.2. The Morgan fingerprint density at radius 3 is 2.41 bits per heavy atom. The van der Waals surface area contributed by atoms with E-state index in [4.69, 9.17) is 4.74 Å². The Morgan fingerprint density at radius 1 is 1.12 bits per heavy atom. The number of nitrogens with one attached hydrogen (secondary N) is 1. The molecule has 1 saturated heterocycles. The molecule has 11 heteroatoms. The van der Waals surface area contributed by atoms with E-state index in [1.54, 1.807) is 11.0 Å². The van der Waals surface area contributed by atoms with Crippen molar-refractivity contribution in [3.63, 3.8) is 0 Å². The third-order valence-electron chi connectivity index (χ3n) is 5.24. The molecule has 1 fully saturated rings. The summed E-state index contributed by atoms with van der Waals surface area (Å²) in [5.41, 5.74) is -0.0115. The van der Waals surface area contributed by atoms with Crippen molar-refractivity contribution < 1.29 is 22.9 Å². The molecule has 0 atom stereocenters. The van der Waals surface area contributed by atoms with Gasteiger partial charge in [0, 0.05) is 30.1 Å². The summed E-state index contributed by atoms with van der Waals surface area (Å²) < 4.78 is 33.7. The van der Waals surface area contributed by atoms with Crippen molar-refractivity contribution in [2.75, 3.05) is 31.2 Å². The average molecular weight is 480 g/mol. The van der Waals surface area contributed by atoms with Gasteiger partial charge in [0.15, 0.2) is 0 Å². The van der Waals surface area contributed by atoms with Gasteiger partial charge >= 0.3 is 0 Å². The van der Waals surface area contributed by atoms with E-state index in [-0.39, 0.29) is 27.9 Å². The number of nitro benzene ring substituents is 1. The summed E-state index contributed by atoms with van der Waals surface area (Å²) in [6.45, 7) is 1.29. The number of methoxy groups -OCH3 is 1. The Morgan fingerprint density at radius 2 is 1.81 bits per heavy atom. The van der Waals surface area contributed by atoms with E-state index in [9.17, 15) is 23.3 Å². The minimum Gasteiger partial charge on any atom is -0.495 e. The summed E-state index contributed by atoms with van der Waals surface area (Å²) in [5.74, 6) is -0.0537. The highest BCUT2D eigenvalue weighted by Crippen LogP contribution is 2.32. The van der Waals surface area contributed by atoms with E-state index < -0.39 is 14.9 Å². The molecule has 0 spiro atoms. The van der Waals surface area contributed by atoms with Gasteiger partial charge in [0.1, 0.15) is 5.75 Å². The van der Waals surface area contributed by atoms with Gasteiger partial charge in [0.25, 0.3) is 21.6 Å². The summed E-state index contributed by atoms with van der Waals surface area (Å²) in [7, 11) is -2.80. The molecule has 0 unspecified atom stereocenters. The summed E-state index contributed by atoms with van der Waals surface area (Å²) in [5, 5.41) is 11.1. The number of sulfonamides is 1. The number of benzene rings is 2. The van der Waals surface area contributed by atoms with Gasteiger partial charge in [0.2, 0.25) is 0 Å². The number of rotatable bonds is 7. The summed E-state index contributed by atoms with van der Waals surface area (Å²) in [4.78, 5) is 26.0. The molecule has 0 saturated carbocycles. The smallest absolute Gasteiger partial charge is 0.271 e. The Balaban J connectivity index is 1.97. The van der Waals surface area contributed by atoms with Crippen LogP contribution in [0.2, 0.25) is 0 Å². The third kappa shape index (κ3) is 5.33. The third-order valence-corrected chi connectivity index (χ3v) is 7.40. The molecule has 3 rings (SSSR count). The fourth-order valence-electron chi connectivity index (χ4n) is 3.56. The van der Waals surface area contributed by atoms with Gasteiger partial charge in [-0.15, -0.1) is 11.8 Å². The monoisotopic (exact) mass is 479 g/mol. The highest BCUT2D eigenvalue weighted by molar-refractivity contribution is 7.98. The number of hydrogen-bond acceptors (Lipinski definition) is 7. The lowest BCUT2D eigenvalue weighted by Crippen LogP contribution is -2.32. The van der Waals surface area contributed by atoms with Crippen LogP contribution in [0, 0.1) is 10.1 Å². The van der Waals surface area contributed by atoms with Crippen LogP contribution in [0.25, 0.3) is 0 Å². The van der Waals surface area contributed by atoms with Crippen LogP contribution in [0.3, 0.4) is 0 Å². The second-order valence-corrected chi connectivity index (χ2v) is 9.85. The second kappa shape index (κ2) is 10.2. The molecule has 1 heterocycles. The maximum absolute atomic E-state index is 13.2. The van der Waals surface area contributed by atoms with Crippen LogP contribution in [0.4, 0.5) is 11.4 Å². The second-order valence-electron chi connectivity index (χ2n) is 7.32. The molecule has 172 valence electrons. The average Bonchev–Trinajstić information content (AvgIpc) is 3.07. The number of carbonyl (C=O) groups is 1. The SMILES string of the molecule is COc1ccc([N+](=O)[O-])cc1NS(=O)(=O)c1ccc(SC)c(C(=O)N2CCCCCC2)c1. The normalized spacial score (nSPS) is 14.5. The first kappa shape index (κ1) is 23.9. The number of nitrogens with zero attached hydrogens (tertiary/aromatic N) is 2. The van der Waals surface area contributed by atoms with Crippen molar-refractivity contribution in [3.05, 3.63) is 52.1 Å². The fourth-order valence-corrected chi connectivity index (χ4v) is 5.22. The zero-order valence-electron chi connectivity index (χ0n) is 17.9. The largest absolute Gasteiger partial charge is 0.495 e. The van der Waals surface area contributed by atoms with Crippen molar-refractivity contribution in [2.45, 2.75) is 35.5 Å². The summed E-state index contributed by atoms with van der Waals surface area (Å²) >= 11 is 1.37. The van der Waals surface area contributed by atoms with Crippen molar-refractivity contribution in [1.29, 1.82) is 0 Å². The van der Waals surface area contributed by atoms with Crippen molar-refractivity contribution in [1.82, 2.24) is 4.90 Å². The number of non-ortho nitro benzene ring substituents is 1. The lowest BCUT2D eigenvalue weighted by atomic mass is 10.2. The van der Waals surface area contributed by atoms with Crippen molar-refractivity contribution in [3.8, 4) is 5.75 Å². The molecule has 1 aliphatic heterocycles. The molecular formula is C21H25N3O6S2. The minimum atomic E-state index is -4.14. The van der Waals surface area contributed by atoms with Crippen LogP contribution in [0.15, 0.2) is 46.2 Å². The number of ether oxygens (including phenoxy) is 1. The first-order chi connectivity index (χ1) is 15.3. The number of anilines is 1. The van der Waals surface area contributed by atoms with E-state index in [1.165, 1.54) is 43.1 Å². The lowest BCUT2D eigenvalue weighted by Gasteiger charge is -2.22. The van der Waals surface area contributed by atoms with Crippen molar-refractivity contribution in [2.24, 2.45) is 0 Å². The molecule has 2 aromatic rings. The van der Waals surface area contributed by atoms with Gasteiger partial charge in [-0.05, 0) is 43.4 Å². The van der Waals surface area contributed by atoms with Crippen LogP contribution in [-0.2, 0) is 10.0 Å². The summed E-state index contributed by atoms with van der Waals surface area (Å²) in [6, 6.07) is 8.02. The highest BCUT2D eigenvalue weighted by atomic mass is 32.2. The topological polar surface area (TPSA) is 119 Å². The number of hydrogen-bond donors (Lipinski definition) is 1. The summed E-state index contributed by atoms with van der Waals surface area (Å²) in [6.07, 6.45) is 5.82. The Bertz CT molecular complexity index is 1110. The first-order valence-electron chi connectivity index (χ1n) is 10.1. The van der Waals surface area contributed by atoms with Crippen LogP contribution >= 0.6 is 11.8 Å². The van der Waals surface area contributed by atoms with Gasteiger partial charge in [-0.25, -0.2) is 8.42 Å². The molecule has 9 nitrogen and oxygen atoms in total. The number of likely N-dealkylation sites (tertiary alicyclic amines) is 1. The van der Waals surface area contributed by atoms with Crippen molar-refractivity contribution >= 4 is 39.1 Å². The number of carbonyl (C=O) groups excluding carboxylic acids is 1. The van der Waals surface area contributed by atoms with Crippen LogP contribution < -0.4 is 9.46 Å². The van der Waals surface area contributed by atoms with Gasteiger partial charge in [-0.2, -0.15) is 0 Å². The predicted octanol–water partition coefficient (Wildman–Crippen LogP) is 4.14. The van der Waals surface area contributed by atoms with Gasteiger partial charge < -0.3 is 9.64 Å². The van der Waals surface area contributed by atoms with Gasteiger partial charge in [0.05, 0.1) is 28.2 Å². The zero-order valence-corrected chi connectivity index (χ0v) is 19.5. The lowest BCUT2D eigenvalue weighted by molar-refractivity contribution is -0.384. The molecule has 2 aromatic carbocycles. The molecule has 32 heavy (non-hydrogen) atoms. The Kier molecular flexibility index (Phi) is 7.62. The van der Waals surface area contributed by atoms with Gasteiger partial charge in [-0.1, -0.05) is 12.8 Å². The highest BCUT2D eigenvalue weighted by Gasteiger charge is 2.24. The van der Waals surface area contributed by atoms with E-state index >= 15 is 0 Å². The van der Waals surface area contributed by atoms with Gasteiger partial charge in [-0.3, -0.25) is 19.6 Å². The Labute approximate surface area is 191 Å². The molecule has 1 N–H and O–H groups in total. The van der Waals surface area contributed by atoms with Crippen LogP contribution in [-0.4, -0.2) is 50.6 Å². The quantitative estimate of drug-likeness (QED) is 0.360. The number of amides is 1. The number of thioether (sulfide) groups is 1. The Hall–Kier alpha value is -2.79. The molecule has 0 bridgehead atoms. The van der Waals surface area contributed by atoms with Crippen LogP contribution in [0.5, 0.6) is 5.75 Å². The fraction of sp³-hybridized carbons (Fsp3) is 0.381. The number of nitro groups is 1. The minimum absolute atomic E-state index is 0.0592. The standard InChI is InChI=1S/C21H25N3O6S2/c1-30-19-9-7-15(24(26)27)13-18(19)22-32(28,29)16-8-10-20(31-2)17(14-16)21(25)23-11-5-3-4-6-12-23/h7-10,13-14,22H,3-6,11-12H2,1-2H3. The molecular weight excluding hydrogens is 454 g/mol. The molecule has 0 aliphatic carbocycles. The molecule has 0 radical (unpaired) electrons. The van der Waals surface area contributed by atoms with E-state index in [0.29, 0.717) is 23.5 Å². The first-order valence-corrected chi connectivity index (χ1v) is 12.8. The molecule has 0 aromatic heterocycles. The molecule has 1 amide bonds. The maximum Gasteiger partial charge on any atom is 0.271 e. The molecule has 1 aliphatic rings. The van der Waals surface area contributed by atoms with E-state index in [0.717, 1.165) is 31.7 Å². The zero-order chi connectivity index (χ0) is 23.3. The predicted molar refractivity (Wildman–Crippen MR) is 123 cm³/mol.